The summed E-state index contributed by atoms with van der Waals surface area (Å²) in [5.41, 5.74) is 4.97. The first-order valence-electron chi connectivity index (χ1n) is 3.16. The molecule has 0 aromatic carbocycles. The number of nitrogens with one attached hydrogen (secondary N) is 2. The monoisotopic (exact) mass is 211 g/mol. The van der Waals surface area contributed by atoms with Gasteiger partial charge < -0.3 is 11.1 Å². The van der Waals surface area contributed by atoms with Crippen molar-refractivity contribution in [1.29, 1.82) is 5.41 Å². The number of hydrogen-bond donors (Lipinski definition) is 5. The van der Waals surface area contributed by atoms with Crippen molar-refractivity contribution in [2.75, 3.05) is 6.54 Å². The van der Waals surface area contributed by atoms with Crippen LogP contribution in [0.1, 0.15) is 6.92 Å². The molecule has 0 fully saturated rings. The summed E-state index contributed by atoms with van der Waals surface area (Å²) in [4.78, 5) is 0. The summed E-state index contributed by atoms with van der Waals surface area (Å²) in [5, 5.41) is 9.33. The van der Waals surface area contributed by atoms with E-state index in [-0.39, 0.29) is 5.96 Å². The van der Waals surface area contributed by atoms with Gasteiger partial charge in [-0.05, 0) is 6.92 Å². The number of guanidine groups is 1. The summed E-state index contributed by atoms with van der Waals surface area (Å²) in [6.07, 6.45) is 3.79. The summed E-state index contributed by atoms with van der Waals surface area (Å²) in [7, 11) is -4.67. The Morgan fingerprint density at radius 1 is 1.62 bits per heavy atom. The van der Waals surface area contributed by atoms with E-state index in [1.54, 1.807) is 0 Å². The molecule has 6 N–H and O–H groups in total. The van der Waals surface area contributed by atoms with E-state index in [9.17, 15) is 0 Å². The Balaban J connectivity index is 0. The van der Waals surface area contributed by atoms with Crippen LogP contribution in [0.4, 0.5) is 0 Å². The van der Waals surface area contributed by atoms with Crippen LogP contribution in [-0.4, -0.2) is 30.0 Å². The normalized spacial score (nSPS) is 10.4. The van der Waals surface area contributed by atoms with Crippen molar-refractivity contribution in [3.05, 3.63) is 12.2 Å². The lowest BCUT2D eigenvalue weighted by Gasteiger charge is -1.95. The molecule has 0 aliphatic heterocycles. The third-order valence-electron chi connectivity index (χ3n) is 0.646. The predicted octanol–water partition coefficient (Wildman–Crippen LogP) is -0.607. The third-order valence-corrected chi connectivity index (χ3v) is 0.646. The minimum absolute atomic E-state index is 0.0168. The van der Waals surface area contributed by atoms with Crippen LogP contribution in [0, 0.1) is 5.41 Å². The molecule has 0 aliphatic rings. The first-order chi connectivity index (χ1) is 5.77. The number of rotatable bonds is 2. The second kappa shape index (κ2) is 7.53. The van der Waals surface area contributed by atoms with Gasteiger partial charge in [-0.2, -0.15) is 8.42 Å². The highest BCUT2D eigenvalue weighted by Gasteiger charge is 1.84. The van der Waals surface area contributed by atoms with Gasteiger partial charge >= 0.3 is 10.4 Å². The van der Waals surface area contributed by atoms with Crippen LogP contribution in [0.3, 0.4) is 0 Å². The van der Waals surface area contributed by atoms with E-state index in [0.29, 0.717) is 6.54 Å². The molecule has 0 bridgehead atoms. The zero-order valence-corrected chi connectivity index (χ0v) is 7.87. The van der Waals surface area contributed by atoms with Crippen molar-refractivity contribution in [3.8, 4) is 0 Å². The van der Waals surface area contributed by atoms with E-state index in [2.05, 4.69) is 5.32 Å². The summed E-state index contributed by atoms with van der Waals surface area (Å²) < 4.78 is 31.6. The average Bonchev–Trinajstić information content (AvgIpc) is 1.83. The van der Waals surface area contributed by atoms with E-state index in [1.165, 1.54) is 0 Å². The lowest BCUT2D eigenvalue weighted by molar-refractivity contribution is 0.381. The molecule has 8 heteroatoms. The Hall–Kier alpha value is -1.12. The van der Waals surface area contributed by atoms with Gasteiger partial charge in [0.05, 0.1) is 0 Å². The molecule has 7 nitrogen and oxygen atoms in total. The van der Waals surface area contributed by atoms with Gasteiger partial charge in [0.25, 0.3) is 0 Å². The number of nitrogens with two attached hydrogens (primary N) is 1. The van der Waals surface area contributed by atoms with E-state index < -0.39 is 10.4 Å². The smallest absolute Gasteiger partial charge is 0.370 e. The van der Waals surface area contributed by atoms with Crippen LogP contribution in [-0.2, 0) is 10.4 Å². The zero-order valence-electron chi connectivity index (χ0n) is 7.06. The summed E-state index contributed by atoms with van der Waals surface area (Å²) >= 11 is 0. The van der Waals surface area contributed by atoms with Crippen LogP contribution >= 0.6 is 0 Å². The molecule has 0 amide bonds. The molecular weight excluding hydrogens is 198 g/mol. The van der Waals surface area contributed by atoms with Gasteiger partial charge in [-0.3, -0.25) is 14.5 Å². The lowest BCUT2D eigenvalue weighted by atomic mass is 10.5. The number of hydrogen-bond acceptors (Lipinski definition) is 3. The molecule has 0 aromatic rings. The van der Waals surface area contributed by atoms with Gasteiger partial charge in [0.2, 0.25) is 0 Å². The predicted molar refractivity (Wildman–Crippen MR) is 48.9 cm³/mol. The molecule has 0 aromatic heterocycles. The minimum atomic E-state index is -4.67. The second-order valence-electron chi connectivity index (χ2n) is 1.81. The molecule has 0 atom stereocenters. The molecule has 0 radical (unpaired) electrons. The van der Waals surface area contributed by atoms with Gasteiger partial charge in [0.15, 0.2) is 5.96 Å². The largest absolute Gasteiger partial charge is 0.394 e. The van der Waals surface area contributed by atoms with Crippen molar-refractivity contribution >= 4 is 16.4 Å². The second-order valence-corrected chi connectivity index (χ2v) is 2.71. The fourth-order valence-electron chi connectivity index (χ4n) is 0.287. The Labute approximate surface area is 76.7 Å². The van der Waals surface area contributed by atoms with Gasteiger partial charge in [0.1, 0.15) is 0 Å². The first-order valence-corrected chi connectivity index (χ1v) is 4.56. The molecule has 0 rings (SSSR count). The molecule has 0 aliphatic carbocycles. The summed E-state index contributed by atoms with van der Waals surface area (Å²) in [5.74, 6) is 0.0168. The highest BCUT2D eigenvalue weighted by atomic mass is 32.3. The molecule has 0 spiro atoms. The fourth-order valence-corrected chi connectivity index (χ4v) is 0.287. The highest BCUT2D eigenvalue weighted by molar-refractivity contribution is 7.79. The van der Waals surface area contributed by atoms with E-state index in [4.69, 9.17) is 28.7 Å². The molecule has 0 unspecified atom stereocenters. The van der Waals surface area contributed by atoms with Gasteiger partial charge in [-0.1, -0.05) is 12.2 Å². The molecule has 0 saturated carbocycles. The third kappa shape index (κ3) is 57.0. The standard InChI is InChI=1S/C5H11N3.H2O4S/c1-2-3-4-8-5(6)7;1-5(2,3)4/h2-3H,4H2,1H3,(H4,6,7,8);(H2,1,2,3,4)/b3-2+;. The summed E-state index contributed by atoms with van der Waals surface area (Å²) in [6, 6.07) is 0. The Bertz CT molecular complexity index is 251. The van der Waals surface area contributed by atoms with Crippen molar-refractivity contribution < 1.29 is 17.5 Å². The van der Waals surface area contributed by atoms with Crippen molar-refractivity contribution in [2.45, 2.75) is 6.92 Å². The van der Waals surface area contributed by atoms with Crippen LogP contribution < -0.4 is 11.1 Å². The van der Waals surface area contributed by atoms with Crippen molar-refractivity contribution in [2.24, 2.45) is 5.73 Å². The Morgan fingerprint density at radius 3 is 2.23 bits per heavy atom. The minimum Gasteiger partial charge on any atom is -0.370 e. The number of allylic oxidation sites excluding steroid dienone is 1. The van der Waals surface area contributed by atoms with Crippen LogP contribution in [0.25, 0.3) is 0 Å². The van der Waals surface area contributed by atoms with Crippen molar-refractivity contribution in [1.82, 2.24) is 5.32 Å². The van der Waals surface area contributed by atoms with Gasteiger partial charge in [-0.15, -0.1) is 0 Å². The molecule has 13 heavy (non-hydrogen) atoms. The van der Waals surface area contributed by atoms with Crippen molar-refractivity contribution in [3.63, 3.8) is 0 Å². The molecule has 0 saturated heterocycles. The van der Waals surface area contributed by atoms with Crippen LogP contribution in [0.2, 0.25) is 0 Å². The first kappa shape index (κ1) is 14.4. The average molecular weight is 211 g/mol. The van der Waals surface area contributed by atoms with E-state index in [1.807, 2.05) is 19.1 Å². The summed E-state index contributed by atoms with van der Waals surface area (Å²) in [6.45, 7) is 2.56. The molecule has 0 heterocycles. The maximum atomic E-state index is 8.74. The highest BCUT2D eigenvalue weighted by Crippen LogP contribution is 1.63. The molecular formula is C5H13N3O4S. The van der Waals surface area contributed by atoms with Crippen LogP contribution in [0.5, 0.6) is 0 Å². The fraction of sp³-hybridized carbons (Fsp3) is 0.400. The maximum Gasteiger partial charge on any atom is 0.394 e. The molecule has 78 valence electrons. The quantitative estimate of drug-likeness (QED) is 0.179. The van der Waals surface area contributed by atoms with Gasteiger partial charge in [0, 0.05) is 6.54 Å². The van der Waals surface area contributed by atoms with Gasteiger partial charge in [-0.25, -0.2) is 0 Å². The van der Waals surface area contributed by atoms with E-state index >= 15 is 0 Å². The Kier molecular flexibility index (Phi) is 8.34. The maximum absolute atomic E-state index is 8.74. The SMILES string of the molecule is C/C=C/CNC(=N)N.O=S(=O)(O)O. The van der Waals surface area contributed by atoms with Crippen LogP contribution in [0.15, 0.2) is 12.2 Å². The zero-order chi connectivity index (χ0) is 10.9. The lowest BCUT2D eigenvalue weighted by Crippen LogP contribution is -2.29. The topological polar surface area (TPSA) is 136 Å². The Morgan fingerprint density at radius 2 is 2.00 bits per heavy atom. The van der Waals surface area contributed by atoms with E-state index in [0.717, 1.165) is 0 Å².